The van der Waals surface area contributed by atoms with Crippen molar-refractivity contribution in [1.82, 2.24) is 0 Å². The minimum absolute atomic E-state index is 0.186. The van der Waals surface area contributed by atoms with Crippen LogP contribution in [0.1, 0.15) is 23.6 Å². The maximum absolute atomic E-state index is 13.1. The summed E-state index contributed by atoms with van der Waals surface area (Å²) in [5.41, 5.74) is 4.06. The molecule has 3 aromatic rings. The smallest absolute Gasteiger partial charge is 0.270 e. The molecule has 0 spiro atoms. The number of nitrogens with zero attached hydrogens (tertiary/aromatic N) is 1. The highest BCUT2D eigenvalue weighted by Crippen LogP contribution is 2.37. The fraction of sp³-hybridized carbons (Fsp3) is 0.179. The quantitative estimate of drug-likeness (QED) is 0.205. The molecule has 0 atom stereocenters. The van der Waals surface area contributed by atoms with Gasteiger partial charge in [0.05, 0.1) is 17.2 Å². The van der Waals surface area contributed by atoms with Crippen molar-refractivity contribution in [2.24, 2.45) is 0 Å². The van der Waals surface area contributed by atoms with Gasteiger partial charge in [-0.15, -0.1) is 0 Å². The summed E-state index contributed by atoms with van der Waals surface area (Å²) in [6.07, 6.45) is 1.76. The molecule has 1 aliphatic rings. The lowest BCUT2D eigenvalue weighted by atomic mass is 10.1. The van der Waals surface area contributed by atoms with E-state index in [1.165, 1.54) is 16.7 Å². The van der Waals surface area contributed by atoms with Crippen LogP contribution in [0.25, 0.3) is 6.08 Å². The van der Waals surface area contributed by atoms with Gasteiger partial charge in [0, 0.05) is 15.2 Å². The number of hydrogen-bond donors (Lipinski definition) is 1. The Morgan fingerprint density at radius 2 is 1.76 bits per heavy atom. The molecule has 6 nitrogen and oxygen atoms in total. The minimum Gasteiger partial charge on any atom is -0.490 e. The zero-order valence-corrected chi connectivity index (χ0v) is 24.8. The number of rotatable bonds is 8. The fourth-order valence-electron chi connectivity index (χ4n) is 3.86. The Hall–Kier alpha value is -2.85. The molecule has 1 heterocycles. The number of halogens is 2. The molecular formula is C28H24BrClN2O4S2. The molecule has 2 amide bonds. The molecule has 0 radical (unpaired) electrons. The number of thioether (sulfide) groups is 1. The van der Waals surface area contributed by atoms with Gasteiger partial charge in [0.15, 0.2) is 22.4 Å². The number of thiocarbonyl (C=S) groups is 1. The zero-order chi connectivity index (χ0) is 27.4. The van der Waals surface area contributed by atoms with Gasteiger partial charge in [0.2, 0.25) is 0 Å². The van der Waals surface area contributed by atoms with Gasteiger partial charge < -0.3 is 14.8 Å². The Morgan fingerprint density at radius 1 is 1.08 bits per heavy atom. The van der Waals surface area contributed by atoms with E-state index >= 15 is 0 Å². The lowest BCUT2D eigenvalue weighted by molar-refractivity contribution is -0.118. The lowest BCUT2D eigenvalue weighted by Gasteiger charge is -2.15. The number of benzene rings is 3. The van der Waals surface area contributed by atoms with E-state index in [4.69, 9.17) is 33.3 Å². The van der Waals surface area contributed by atoms with Gasteiger partial charge in [0.25, 0.3) is 11.8 Å². The normalized spacial score (nSPS) is 14.2. The van der Waals surface area contributed by atoms with Gasteiger partial charge in [-0.1, -0.05) is 57.6 Å². The molecule has 10 heteroatoms. The topological polar surface area (TPSA) is 67.9 Å². The summed E-state index contributed by atoms with van der Waals surface area (Å²) in [6.45, 7) is 5.95. The third kappa shape index (κ3) is 6.58. The molecule has 0 unspecified atom stereocenters. The molecule has 3 aromatic carbocycles. The third-order valence-corrected chi connectivity index (χ3v) is 7.58. The van der Waals surface area contributed by atoms with Gasteiger partial charge in [0.1, 0.15) is 0 Å². The maximum Gasteiger partial charge on any atom is 0.270 e. The second-order valence-electron chi connectivity index (χ2n) is 8.38. The highest BCUT2D eigenvalue weighted by atomic mass is 79.9. The summed E-state index contributed by atoms with van der Waals surface area (Å²) in [6, 6.07) is 16.1. The Balaban J connectivity index is 1.48. The van der Waals surface area contributed by atoms with E-state index in [2.05, 4.69) is 21.2 Å². The minimum atomic E-state index is -0.282. The molecule has 38 heavy (non-hydrogen) atoms. The molecule has 1 fully saturated rings. The lowest BCUT2D eigenvalue weighted by Crippen LogP contribution is -2.27. The number of carbonyl (C=O) groups excluding carboxylic acids is 2. The Labute approximate surface area is 244 Å². The van der Waals surface area contributed by atoms with E-state index in [-0.39, 0.29) is 18.4 Å². The van der Waals surface area contributed by atoms with E-state index in [0.717, 1.165) is 26.9 Å². The molecule has 0 saturated carbocycles. The van der Waals surface area contributed by atoms with Crippen LogP contribution in [0.3, 0.4) is 0 Å². The molecule has 1 aliphatic heterocycles. The largest absolute Gasteiger partial charge is 0.490 e. The summed E-state index contributed by atoms with van der Waals surface area (Å²) in [7, 11) is 0. The SMILES string of the molecule is CCOc1cc(/C=C2\SC(=S)N(c3ccc(Cl)cc3)C2=O)ccc1OCC(=O)Nc1c(C)cc(Br)cc1C. The Morgan fingerprint density at radius 3 is 2.42 bits per heavy atom. The van der Waals surface area contributed by atoms with Gasteiger partial charge in [-0.3, -0.25) is 14.5 Å². The number of carbonyl (C=O) groups is 2. The van der Waals surface area contributed by atoms with Crippen molar-refractivity contribution in [2.45, 2.75) is 20.8 Å². The molecule has 1 saturated heterocycles. The average molecular weight is 632 g/mol. The predicted molar refractivity (Wildman–Crippen MR) is 162 cm³/mol. The van der Waals surface area contributed by atoms with Crippen molar-refractivity contribution in [3.8, 4) is 11.5 Å². The highest BCUT2D eigenvalue weighted by molar-refractivity contribution is 9.10. The highest BCUT2D eigenvalue weighted by Gasteiger charge is 2.33. The van der Waals surface area contributed by atoms with E-state index < -0.39 is 0 Å². The number of amides is 2. The predicted octanol–water partition coefficient (Wildman–Crippen LogP) is 7.54. The first-order valence-electron chi connectivity index (χ1n) is 11.7. The van der Waals surface area contributed by atoms with Crippen LogP contribution in [-0.4, -0.2) is 29.3 Å². The van der Waals surface area contributed by atoms with Crippen molar-refractivity contribution in [2.75, 3.05) is 23.4 Å². The summed E-state index contributed by atoms with van der Waals surface area (Å²) < 4.78 is 13.0. The number of anilines is 2. The van der Waals surface area contributed by atoms with Crippen molar-refractivity contribution in [3.63, 3.8) is 0 Å². The van der Waals surface area contributed by atoms with Crippen molar-refractivity contribution >= 4 is 85.1 Å². The van der Waals surface area contributed by atoms with E-state index in [1.54, 1.807) is 48.5 Å². The maximum atomic E-state index is 13.1. The molecule has 0 bridgehead atoms. The van der Waals surface area contributed by atoms with Gasteiger partial charge >= 0.3 is 0 Å². The number of nitrogens with one attached hydrogen (secondary N) is 1. The third-order valence-electron chi connectivity index (χ3n) is 5.56. The standard InChI is InChI=1S/C28H24BrClN2O4S2/c1-4-35-23-13-18(14-24-27(34)32(28(37)38-24)21-8-6-20(30)7-9-21)5-10-22(23)36-15-25(33)31-26-16(2)11-19(29)12-17(26)3/h5-14H,4,15H2,1-3H3,(H,31,33)/b24-14-. The van der Waals surface area contributed by atoms with Gasteiger partial charge in [-0.25, -0.2) is 0 Å². The van der Waals surface area contributed by atoms with E-state index in [0.29, 0.717) is 38.0 Å². The van der Waals surface area contributed by atoms with Crippen LogP contribution >= 0.6 is 51.5 Å². The van der Waals surface area contributed by atoms with Gasteiger partial charge in [-0.05, 0) is 92.1 Å². The number of hydrogen-bond acceptors (Lipinski definition) is 6. The summed E-state index contributed by atoms with van der Waals surface area (Å²) in [5.74, 6) is 0.405. The van der Waals surface area contributed by atoms with Crippen LogP contribution in [0, 0.1) is 13.8 Å². The second kappa shape index (κ2) is 12.3. The first-order valence-corrected chi connectivity index (χ1v) is 14.1. The molecule has 0 aliphatic carbocycles. The van der Waals surface area contributed by atoms with Crippen LogP contribution in [0.15, 0.2) is 64.0 Å². The second-order valence-corrected chi connectivity index (χ2v) is 11.4. The summed E-state index contributed by atoms with van der Waals surface area (Å²) in [4.78, 5) is 27.7. The zero-order valence-electron chi connectivity index (χ0n) is 20.8. The molecule has 0 aromatic heterocycles. The summed E-state index contributed by atoms with van der Waals surface area (Å²) >= 11 is 16.1. The number of ether oxygens (including phenoxy) is 2. The first kappa shape index (κ1) is 28.2. The molecule has 196 valence electrons. The average Bonchev–Trinajstić information content (AvgIpc) is 3.14. The molecule has 1 N–H and O–H groups in total. The van der Waals surface area contributed by atoms with Crippen LogP contribution < -0.4 is 19.7 Å². The van der Waals surface area contributed by atoms with Gasteiger partial charge in [-0.2, -0.15) is 0 Å². The van der Waals surface area contributed by atoms with E-state index in [1.807, 2.05) is 32.9 Å². The van der Waals surface area contributed by atoms with Crippen LogP contribution in [0.4, 0.5) is 11.4 Å². The Bertz CT molecular complexity index is 1420. The van der Waals surface area contributed by atoms with Crippen molar-refractivity contribution < 1.29 is 19.1 Å². The van der Waals surface area contributed by atoms with E-state index in [9.17, 15) is 9.59 Å². The summed E-state index contributed by atoms with van der Waals surface area (Å²) in [5, 5.41) is 3.50. The first-order chi connectivity index (χ1) is 18.2. The van der Waals surface area contributed by atoms with Crippen molar-refractivity contribution in [1.29, 1.82) is 0 Å². The van der Waals surface area contributed by atoms with Crippen LogP contribution in [-0.2, 0) is 9.59 Å². The number of aryl methyl sites for hydroxylation is 2. The van der Waals surface area contributed by atoms with Crippen LogP contribution in [0.5, 0.6) is 11.5 Å². The molecular weight excluding hydrogens is 608 g/mol. The Kier molecular flexibility index (Phi) is 9.15. The monoisotopic (exact) mass is 630 g/mol. The van der Waals surface area contributed by atoms with Crippen molar-refractivity contribution in [3.05, 3.63) is 85.7 Å². The fourth-order valence-corrected chi connectivity index (χ4v) is 5.97. The molecule has 4 rings (SSSR count). The van der Waals surface area contributed by atoms with Crippen LogP contribution in [0.2, 0.25) is 5.02 Å².